The molecule has 0 atom stereocenters. The van der Waals surface area contributed by atoms with Gasteiger partial charge in [-0.3, -0.25) is 0 Å². The van der Waals surface area contributed by atoms with E-state index >= 15 is 0 Å². The molecule has 18 heavy (non-hydrogen) atoms. The maximum Gasteiger partial charge on any atom is 0.218 e. The third kappa shape index (κ3) is 2.77. The largest absolute Gasteiger partial charge is 0.481 e. The Kier molecular flexibility index (Phi) is 3.77. The van der Waals surface area contributed by atoms with Crippen LogP contribution in [0.4, 0.5) is 10.1 Å². The van der Waals surface area contributed by atoms with Crippen LogP contribution in [0.15, 0.2) is 36.5 Å². The molecule has 0 unspecified atom stereocenters. The van der Waals surface area contributed by atoms with E-state index in [0.29, 0.717) is 18.0 Å². The second-order valence-electron chi connectivity index (χ2n) is 3.99. The van der Waals surface area contributed by atoms with Gasteiger partial charge in [-0.05, 0) is 30.7 Å². The molecule has 1 heterocycles. The number of anilines is 1. The Labute approximate surface area is 106 Å². The zero-order chi connectivity index (χ0) is 13.0. The van der Waals surface area contributed by atoms with Crippen LogP contribution in [0.3, 0.4) is 0 Å². The molecular formula is C14H15FN2O. The maximum atomic E-state index is 13.4. The van der Waals surface area contributed by atoms with Crippen LogP contribution in [-0.4, -0.2) is 12.1 Å². The Morgan fingerprint density at radius 2 is 2.17 bits per heavy atom. The summed E-state index contributed by atoms with van der Waals surface area (Å²) >= 11 is 0. The summed E-state index contributed by atoms with van der Waals surface area (Å²) in [6.07, 6.45) is 1.67. The third-order valence-corrected chi connectivity index (χ3v) is 2.70. The molecule has 0 saturated heterocycles. The highest BCUT2D eigenvalue weighted by Gasteiger charge is 2.04. The lowest BCUT2D eigenvalue weighted by atomic mass is 10.2. The molecule has 0 aliphatic heterocycles. The summed E-state index contributed by atoms with van der Waals surface area (Å²) in [6, 6.07) is 8.84. The van der Waals surface area contributed by atoms with Gasteiger partial charge in [0, 0.05) is 24.0 Å². The van der Waals surface area contributed by atoms with Crippen molar-refractivity contribution in [2.24, 2.45) is 0 Å². The van der Waals surface area contributed by atoms with Crippen LogP contribution in [0.2, 0.25) is 0 Å². The maximum absolute atomic E-state index is 13.4. The predicted octanol–water partition coefficient (Wildman–Crippen LogP) is 3.15. The Hall–Kier alpha value is -2.10. The molecule has 1 aromatic carbocycles. The molecule has 94 valence electrons. The number of methoxy groups -OCH3 is 1. The number of benzene rings is 1. The van der Waals surface area contributed by atoms with Gasteiger partial charge in [0.15, 0.2) is 0 Å². The van der Waals surface area contributed by atoms with Crippen LogP contribution in [0.1, 0.15) is 11.1 Å². The SMILES string of the molecule is COc1ncccc1CNc1ccc(C)c(F)c1. The molecule has 0 spiro atoms. The summed E-state index contributed by atoms with van der Waals surface area (Å²) < 4.78 is 18.5. The summed E-state index contributed by atoms with van der Waals surface area (Å²) in [6.45, 7) is 2.28. The fourth-order valence-electron chi connectivity index (χ4n) is 1.64. The molecule has 4 heteroatoms. The number of nitrogens with one attached hydrogen (secondary N) is 1. The summed E-state index contributed by atoms with van der Waals surface area (Å²) in [4.78, 5) is 4.10. The summed E-state index contributed by atoms with van der Waals surface area (Å²) in [5.41, 5.74) is 2.31. The van der Waals surface area contributed by atoms with Crippen LogP contribution in [0.25, 0.3) is 0 Å². The van der Waals surface area contributed by atoms with E-state index < -0.39 is 0 Å². The van der Waals surface area contributed by atoms with Gasteiger partial charge in [0.25, 0.3) is 0 Å². The zero-order valence-corrected chi connectivity index (χ0v) is 10.4. The van der Waals surface area contributed by atoms with Crippen molar-refractivity contribution in [3.8, 4) is 5.88 Å². The number of aryl methyl sites for hydroxylation is 1. The second-order valence-corrected chi connectivity index (χ2v) is 3.99. The van der Waals surface area contributed by atoms with Gasteiger partial charge in [0.2, 0.25) is 5.88 Å². The second kappa shape index (κ2) is 5.49. The van der Waals surface area contributed by atoms with E-state index in [1.54, 1.807) is 26.3 Å². The molecule has 0 radical (unpaired) electrons. The fourth-order valence-corrected chi connectivity index (χ4v) is 1.64. The molecule has 0 aliphatic carbocycles. The zero-order valence-electron chi connectivity index (χ0n) is 10.4. The monoisotopic (exact) mass is 246 g/mol. The van der Waals surface area contributed by atoms with Gasteiger partial charge in [-0.2, -0.15) is 0 Å². The first-order valence-corrected chi connectivity index (χ1v) is 5.68. The van der Waals surface area contributed by atoms with Crippen LogP contribution < -0.4 is 10.1 Å². The number of aromatic nitrogens is 1. The molecule has 3 nitrogen and oxygen atoms in total. The lowest BCUT2D eigenvalue weighted by Crippen LogP contribution is -2.03. The van der Waals surface area contributed by atoms with E-state index in [9.17, 15) is 4.39 Å². The van der Waals surface area contributed by atoms with Crippen molar-refractivity contribution in [2.45, 2.75) is 13.5 Å². The highest BCUT2D eigenvalue weighted by Crippen LogP contribution is 2.18. The normalized spacial score (nSPS) is 10.2. The van der Waals surface area contributed by atoms with Crippen molar-refractivity contribution in [2.75, 3.05) is 12.4 Å². The Morgan fingerprint density at radius 3 is 2.89 bits per heavy atom. The third-order valence-electron chi connectivity index (χ3n) is 2.70. The molecule has 2 aromatic rings. The van der Waals surface area contributed by atoms with E-state index in [0.717, 1.165) is 11.3 Å². The average Bonchev–Trinajstić information content (AvgIpc) is 2.40. The van der Waals surface area contributed by atoms with E-state index in [-0.39, 0.29) is 5.82 Å². The van der Waals surface area contributed by atoms with Crippen LogP contribution in [-0.2, 0) is 6.54 Å². The van der Waals surface area contributed by atoms with Crippen LogP contribution >= 0.6 is 0 Å². The van der Waals surface area contributed by atoms with Gasteiger partial charge in [-0.1, -0.05) is 12.1 Å². The van der Waals surface area contributed by atoms with Gasteiger partial charge in [-0.25, -0.2) is 9.37 Å². The summed E-state index contributed by atoms with van der Waals surface area (Å²) in [7, 11) is 1.58. The van der Waals surface area contributed by atoms with E-state index in [1.165, 1.54) is 6.07 Å². The molecule has 0 bridgehead atoms. The average molecular weight is 246 g/mol. The number of hydrogen-bond acceptors (Lipinski definition) is 3. The predicted molar refractivity (Wildman–Crippen MR) is 69.3 cm³/mol. The molecule has 0 saturated carbocycles. The minimum Gasteiger partial charge on any atom is -0.481 e. The van der Waals surface area contributed by atoms with E-state index in [1.807, 2.05) is 18.2 Å². The van der Waals surface area contributed by atoms with Gasteiger partial charge < -0.3 is 10.1 Å². The van der Waals surface area contributed by atoms with Gasteiger partial charge in [0.1, 0.15) is 5.82 Å². The van der Waals surface area contributed by atoms with Crippen LogP contribution in [0.5, 0.6) is 5.88 Å². The van der Waals surface area contributed by atoms with E-state index in [4.69, 9.17) is 4.74 Å². The lowest BCUT2D eigenvalue weighted by molar-refractivity contribution is 0.393. The highest BCUT2D eigenvalue weighted by atomic mass is 19.1. The number of nitrogens with zero attached hydrogens (tertiary/aromatic N) is 1. The van der Waals surface area contributed by atoms with Crippen molar-refractivity contribution < 1.29 is 9.13 Å². The first kappa shape index (κ1) is 12.4. The van der Waals surface area contributed by atoms with Crippen molar-refractivity contribution in [3.63, 3.8) is 0 Å². The lowest BCUT2D eigenvalue weighted by Gasteiger charge is -2.10. The van der Waals surface area contributed by atoms with Crippen molar-refractivity contribution >= 4 is 5.69 Å². The number of hydrogen-bond donors (Lipinski definition) is 1. The molecular weight excluding hydrogens is 231 g/mol. The Bertz CT molecular complexity index is 543. The smallest absolute Gasteiger partial charge is 0.218 e. The van der Waals surface area contributed by atoms with Crippen LogP contribution in [0, 0.1) is 12.7 Å². The number of ether oxygens (including phenoxy) is 1. The standard InChI is InChI=1S/C14H15FN2O/c1-10-5-6-12(8-13(10)15)17-9-11-4-3-7-16-14(11)18-2/h3-8,17H,9H2,1-2H3. The van der Waals surface area contributed by atoms with Gasteiger partial charge >= 0.3 is 0 Å². The number of pyridine rings is 1. The topological polar surface area (TPSA) is 34.1 Å². The molecule has 1 N–H and O–H groups in total. The first-order chi connectivity index (χ1) is 8.70. The van der Waals surface area contributed by atoms with Gasteiger partial charge in [-0.15, -0.1) is 0 Å². The quantitative estimate of drug-likeness (QED) is 0.899. The minimum absolute atomic E-state index is 0.210. The highest BCUT2D eigenvalue weighted by molar-refractivity contribution is 5.46. The molecule has 0 amide bonds. The van der Waals surface area contributed by atoms with E-state index in [2.05, 4.69) is 10.3 Å². The Morgan fingerprint density at radius 1 is 1.33 bits per heavy atom. The fraction of sp³-hybridized carbons (Fsp3) is 0.214. The molecule has 2 rings (SSSR count). The van der Waals surface area contributed by atoms with Crippen molar-refractivity contribution in [1.29, 1.82) is 0 Å². The molecule has 0 aliphatic rings. The van der Waals surface area contributed by atoms with Crippen molar-refractivity contribution in [3.05, 3.63) is 53.5 Å². The molecule has 0 fully saturated rings. The summed E-state index contributed by atoms with van der Waals surface area (Å²) in [5, 5.41) is 3.14. The van der Waals surface area contributed by atoms with Crippen molar-refractivity contribution in [1.82, 2.24) is 4.98 Å². The summed E-state index contributed by atoms with van der Waals surface area (Å²) in [5.74, 6) is 0.371. The van der Waals surface area contributed by atoms with Gasteiger partial charge in [0.05, 0.1) is 7.11 Å². The number of halogens is 1. The minimum atomic E-state index is -0.210. The number of rotatable bonds is 4. The molecule has 1 aromatic heterocycles. The first-order valence-electron chi connectivity index (χ1n) is 5.68. The Balaban J connectivity index is 2.09.